The third-order valence-electron chi connectivity index (χ3n) is 7.72. The van der Waals surface area contributed by atoms with Crippen LogP contribution in [-0.4, -0.2) is 35.1 Å². The Balaban J connectivity index is 1.23. The normalized spacial score (nSPS) is 27.0. The number of nitrogens with zero attached hydrogens (tertiary/aromatic N) is 1. The second-order valence-electron chi connectivity index (χ2n) is 10.4. The lowest BCUT2D eigenvalue weighted by Gasteiger charge is -2.56. The second kappa shape index (κ2) is 9.54. The molecule has 0 saturated heterocycles. The van der Waals surface area contributed by atoms with E-state index in [0.717, 1.165) is 41.9 Å². The topological polar surface area (TPSA) is 49.4 Å². The first-order chi connectivity index (χ1) is 16.3. The molecule has 0 heterocycles. The lowest BCUT2D eigenvalue weighted by atomic mass is 9.53. The minimum Gasteiger partial charge on any atom is -0.350 e. The predicted octanol–water partition coefficient (Wildman–Crippen LogP) is 5.93. The Morgan fingerprint density at radius 1 is 1.06 bits per heavy atom. The summed E-state index contributed by atoms with van der Waals surface area (Å²) in [5, 5.41) is 3.69. The van der Waals surface area contributed by atoms with E-state index in [1.165, 1.54) is 42.0 Å². The molecule has 2 amide bonds. The molecule has 0 radical (unpaired) electrons. The van der Waals surface area contributed by atoms with E-state index >= 15 is 0 Å². The molecule has 2 aromatic rings. The van der Waals surface area contributed by atoms with Crippen LogP contribution in [0.3, 0.4) is 0 Å². The van der Waals surface area contributed by atoms with Crippen LogP contribution in [0.2, 0.25) is 5.02 Å². The zero-order valence-electron chi connectivity index (χ0n) is 19.4. The van der Waals surface area contributed by atoms with Crippen LogP contribution in [0, 0.1) is 23.6 Å². The Hall–Kier alpha value is -2.05. The number of hydrogen-bond donors (Lipinski definition) is 1. The highest BCUT2D eigenvalue weighted by Gasteiger charge is 2.51. The van der Waals surface area contributed by atoms with Crippen molar-refractivity contribution < 1.29 is 14.0 Å². The van der Waals surface area contributed by atoms with Crippen molar-refractivity contribution in [3.8, 4) is 0 Å². The molecule has 0 atom stereocenters. The van der Waals surface area contributed by atoms with E-state index in [4.69, 9.17) is 11.6 Å². The molecule has 0 aromatic heterocycles. The van der Waals surface area contributed by atoms with Crippen LogP contribution in [0.15, 0.2) is 47.4 Å². The Kier molecular flexibility index (Phi) is 6.64. The quantitative estimate of drug-likeness (QED) is 0.479. The Labute approximate surface area is 209 Å². The number of carbonyl (C=O) groups excluding carboxylic acids is 2. The number of benzene rings is 2. The van der Waals surface area contributed by atoms with Gasteiger partial charge in [-0.2, -0.15) is 0 Å². The average molecular weight is 501 g/mol. The summed E-state index contributed by atoms with van der Waals surface area (Å²) in [6.45, 7) is 0.0653. The lowest BCUT2D eigenvalue weighted by Crippen LogP contribution is -2.60. The summed E-state index contributed by atoms with van der Waals surface area (Å²) in [6.07, 6.45) is 7.37. The van der Waals surface area contributed by atoms with Crippen molar-refractivity contribution in [2.45, 2.75) is 55.5 Å². The molecule has 4 fully saturated rings. The summed E-state index contributed by atoms with van der Waals surface area (Å²) in [5.74, 6) is 1.97. The first-order valence-corrected chi connectivity index (χ1v) is 13.4. The summed E-state index contributed by atoms with van der Waals surface area (Å²) < 4.78 is 14.2. The summed E-state index contributed by atoms with van der Waals surface area (Å²) in [6, 6.07) is 11.8. The standard InChI is InChI=1S/C27H30ClFN2O2S/c1-31(15-21-22(28)6-4-7-23(21)29)26(33)20-5-2-3-8-24(20)34-16-25(32)30-27-12-17-9-18(13-27)11-19(10-17)14-27/h2-8,17-19H,9-16H2,1H3,(H,30,32). The third-order valence-corrected chi connectivity index (χ3v) is 9.15. The predicted molar refractivity (Wildman–Crippen MR) is 133 cm³/mol. The lowest BCUT2D eigenvalue weighted by molar-refractivity contribution is -0.124. The van der Waals surface area contributed by atoms with Crippen LogP contribution in [0.25, 0.3) is 0 Å². The highest BCUT2D eigenvalue weighted by molar-refractivity contribution is 8.00. The molecule has 0 unspecified atom stereocenters. The van der Waals surface area contributed by atoms with E-state index in [1.807, 2.05) is 12.1 Å². The van der Waals surface area contributed by atoms with Crippen LogP contribution in [0.4, 0.5) is 4.39 Å². The van der Waals surface area contributed by atoms with Crippen molar-refractivity contribution in [3.05, 3.63) is 64.4 Å². The maximum Gasteiger partial charge on any atom is 0.255 e. The van der Waals surface area contributed by atoms with Crippen LogP contribution < -0.4 is 5.32 Å². The molecule has 6 rings (SSSR count). The average Bonchev–Trinajstić information content (AvgIpc) is 2.78. The van der Waals surface area contributed by atoms with Crippen LogP contribution in [-0.2, 0) is 11.3 Å². The fourth-order valence-electron chi connectivity index (χ4n) is 6.71. The molecule has 0 spiro atoms. The van der Waals surface area contributed by atoms with Crippen LogP contribution in [0.1, 0.15) is 54.4 Å². The first kappa shape index (κ1) is 23.7. The highest BCUT2D eigenvalue weighted by Crippen LogP contribution is 2.55. The molecule has 4 nitrogen and oxygen atoms in total. The minimum absolute atomic E-state index is 0.0129. The maximum absolute atomic E-state index is 14.2. The summed E-state index contributed by atoms with van der Waals surface area (Å²) in [7, 11) is 1.63. The van der Waals surface area contributed by atoms with Crippen molar-refractivity contribution in [1.29, 1.82) is 0 Å². The fraction of sp³-hybridized carbons (Fsp3) is 0.481. The Morgan fingerprint density at radius 3 is 2.35 bits per heavy atom. The van der Waals surface area contributed by atoms with Gasteiger partial charge in [-0.1, -0.05) is 29.8 Å². The summed E-state index contributed by atoms with van der Waals surface area (Å²) >= 11 is 7.52. The van der Waals surface area contributed by atoms with Gasteiger partial charge in [-0.05, 0) is 80.5 Å². The van der Waals surface area contributed by atoms with E-state index in [0.29, 0.717) is 16.1 Å². The van der Waals surface area contributed by atoms with Crippen molar-refractivity contribution in [2.75, 3.05) is 12.8 Å². The van der Waals surface area contributed by atoms with Gasteiger partial charge >= 0.3 is 0 Å². The molecule has 1 N–H and O–H groups in total. The number of rotatable bonds is 7. The SMILES string of the molecule is CN(Cc1c(F)cccc1Cl)C(=O)c1ccccc1SCC(=O)NC12CC3CC(CC(C3)C1)C2. The summed E-state index contributed by atoms with van der Waals surface area (Å²) in [5.41, 5.74) is 0.784. The minimum atomic E-state index is -0.434. The van der Waals surface area contributed by atoms with Gasteiger partial charge in [0.1, 0.15) is 5.82 Å². The fourth-order valence-corrected chi connectivity index (χ4v) is 7.77. The third kappa shape index (κ3) is 4.85. The highest BCUT2D eigenvalue weighted by atomic mass is 35.5. The van der Waals surface area contributed by atoms with Gasteiger partial charge < -0.3 is 10.2 Å². The van der Waals surface area contributed by atoms with E-state index in [2.05, 4.69) is 5.32 Å². The Bertz CT molecular complexity index is 1050. The molecule has 34 heavy (non-hydrogen) atoms. The number of hydrogen-bond acceptors (Lipinski definition) is 3. The molecule has 7 heteroatoms. The van der Waals surface area contributed by atoms with Gasteiger partial charge in [0, 0.05) is 34.6 Å². The number of amides is 2. The van der Waals surface area contributed by atoms with Crippen molar-refractivity contribution in [3.63, 3.8) is 0 Å². The molecule has 4 bridgehead atoms. The maximum atomic E-state index is 14.2. The van der Waals surface area contributed by atoms with Gasteiger partial charge in [0.15, 0.2) is 0 Å². The van der Waals surface area contributed by atoms with E-state index in [9.17, 15) is 14.0 Å². The van der Waals surface area contributed by atoms with Gasteiger partial charge in [0.2, 0.25) is 5.91 Å². The first-order valence-electron chi connectivity index (χ1n) is 12.0. The second-order valence-corrected chi connectivity index (χ2v) is 11.8. The van der Waals surface area contributed by atoms with Crippen molar-refractivity contribution in [1.82, 2.24) is 10.2 Å². The largest absolute Gasteiger partial charge is 0.350 e. The number of carbonyl (C=O) groups is 2. The van der Waals surface area contributed by atoms with Crippen LogP contribution >= 0.6 is 23.4 Å². The molecule has 2 aromatic carbocycles. The molecule has 4 aliphatic carbocycles. The molecule has 180 valence electrons. The van der Waals surface area contributed by atoms with Gasteiger partial charge in [-0.15, -0.1) is 11.8 Å². The number of halogens is 2. The number of thioether (sulfide) groups is 1. The van der Waals surface area contributed by atoms with E-state index in [1.54, 1.807) is 31.3 Å². The molecule has 0 aliphatic heterocycles. The van der Waals surface area contributed by atoms with E-state index < -0.39 is 5.82 Å². The van der Waals surface area contributed by atoms with Gasteiger partial charge in [0.05, 0.1) is 11.3 Å². The van der Waals surface area contributed by atoms with Gasteiger partial charge in [-0.3, -0.25) is 9.59 Å². The van der Waals surface area contributed by atoms with Crippen molar-refractivity contribution in [2.24, 2.45) is 17.8 Å². The molecular formula is C27H30ClFN2O2S. The van der Waals surface area contributed by atoms with Crippen LogP contribution in [0.5, 0.6) is 0 Å². The molecular weight excluding hydrogens is 471 g/mol. The van der Waals surface area contributed by atoms with Gasteiger partial charge in [0.25, 0.3) is 5.91 Å². The zero-order chi connectivity index (χ0) is 23.9. The molecule has 4 saturated carbocycles. The summed E-state index contributed by atoms with van der Waals surface area (Å²) in [4.78, 5) is 28.3. The zero-order valence-corrected chi connectivity index (χ0v) is 20.9. The molecule has 4 aliphatic rings. The Morgan fingerprint density at radius 2 is 1.71 bits per heavy atom. The smallest absolute Gasteiger partial charge is 0.255 e. The van der Waals surface area contributed by atoms with E-state index in [-0.39, 0.29) is 29.7 Å². The monoisotopic (exact) mass is 500 g/mol. The van der Waals surface area contributed by atoms with Crippen molar-refractivity contribution >= 4 is 35.2 Å². The number of nitrogens with one attached hydrogen (secondary N) is 1. The van der Waals surface area contributed by atoms with Gasteiger partial charge in [-0.25, -0.2) is 4.39 Å².